The number of nitrogens with one attached hydrogen (secondary N) is 1. The normalized spacial score (nSPS) is 16.4. The molecule has 736 valence electrons. The van der Waals surface area contributed by atoms with Crippen molar-refractivity contribution in [1.82, 2.24) is 70.0 Å². The van der Waals surface area contributed by atoms with E-state index in [-0.39, 0.29) is 57.8 Å². The number of halogens is 10. The highest BCUT2D eigenvalue weighted by molar-refractivity contribution is 9.11. The molecule has 0 spiro atoms. The summed E-state index contributed by atoms with van der Waals surface area (Å²) in [6.07, 6.45) is 13.2. The second-order valence-electron chi connectivity index (χ2n) is 34.0. The molecule has 0 aromatic carbocycles. The quantitative estimate of drug-likeness (QED) is 0.0349. The van der Waals surface area contributed by atoms with Gasteiger partial charge in [-0.1, -0.05) is 58.0 Å². The van der Waals surface area contributed by atoms with E-state index in [9.17, 15) is 47.2 Å². The maximum absolute atomic E-state index is 12.0. The summed E-state index contributed by atoms with van der Waals surface area (Å²) in [4.78, 5) is 63.9. The molecule has 136 heavy (non-hydrogen) atoms. The lowest BCUT2D eigenvalue weighted by molar-refractivity contribution is -0.0136. The number of aliphatic hydroxyl groups is 1. The van der Waals surface area contributed by atoms with Crippen molar-refractivity contribution in [2.45, 2.75) is 123 Å². The topological polar surface area (TPSA) is 417 Å². The molecule has 5 aliphatic heterocycles. The number of anilines is 3. The minimum absolute atomic E-state index is 0.107. The van der Waals surface area contributed by atoms with Gasteiger partial charge in [0.2, 0.25) is 42.5 Å². The summed E-state index contributed by atoms with van der Waals surface area (Å²) in [6, 6.07) is 6.51. The van der Waals surface area contributed by atoms with Gasteiger partial charge in [-0.05, 0) is 196 Å². The lowest BCUT2D eigenvalue weighted by Crippen LogP contribution is -2.41. The smallest absolute Gasteiger partial charge is 0.399 e. The Morgan fingerprint density at radius 1 is 0.471 bits per heavy atom. The van der Waals surface area contributed by atoms with E-state index >= 15 is 0 Å². The van der Waals surface area contributed by atoms with Crippen molar-refractivity contribution in [2.75, 3.05) is 137 Å². The Kier molecular flexibility index (Phi) is 36.5. The lowest BCUT2D eigenvalue weighted by Gasteiger charge is -2.37. The molecule has 0 radical (unpaired) electrons. The Labute approximate surface area is 866 Å². The average molecular weight is 2380 g/mol. The molecular formula is C83H96BBr3Cl7N17O16S9. The summed E-state index contributed by atoms with van der Waals surface area (Å²) in [6.45, 7) is 31.1. The molecule has 0 aliphatic carbocycles. The van der Waals surface area contributed by atoms with Gasteiger partial charge in [-0.2, -0.15) is 3.71 Å². The van der Waals surface area contributed by atoms with Gasteiger partial charge in [0, 0.05) is 153 Å². The molecule has 5 aliphatic rings. The van der Waals surface area contributed by atoms with Crippen LogP contribution in [0.5, 0.6) is 0 Å². The fourth-order valence-electron chi connectivity index (χ4n) is 14.6. The van der Waals surface area contributed by atoms with Crippen LogP contribution in [0.1, 0.15) is 96.1 Å². The SMILES string of the molecule is C1COCCN1.CC1(C)OB(c2cnc(Cl)c(N(S(C)(=O)=O)S(C)(=O)=O)c2)OC1(C)C.Cc1sc2c(-c3cnc(Cl)c(CS(C)(=O)=O)c3)nc(Cl)nc2c1Br.Cc1sc2c(-c3cnc(Cl)c(CS(C)(=O)=O)c3)nc(N3CCOCC3)nc2c1Br.Cc1sc2c(-c3cnc(Cl)c(CS(C)(=O)=O)c3)nc(N3CCOCC3)nc2c1CN1CCC(C(C)(C)O)CC1.Cc1sc2c(Cl)nc(Cl)nc2c1Br. The van der Waals surface area contributed by atoms with E-state index in [1.54, 1.807) is 70.8 Å². The predicted octanol–water partition coefficient (Wildman–Crippen LogP) is 17.0. The first-order valence-electron chi connectivity index (χ1n) is 41.7. The number of pyridine rings is 4. The van der Waals surface area contributed by atoms with Crippen molar-refractivity contribution in [3.8, 4) is 33.8 Å². The van der Waals surface area contributed by atoms with Crippen LogP contribution in [0.25, 0.3) is 74.6 Å². The van der Waals surface area contributed by atoms with Crippen molar-refractivity contribution in [2.24, 2.45) is 5.92 Å². The van der Waals surface area contributed by atoms with E-state index in [0.717, 1.165) is 152 Å². The van der Waals surface area contributed by atoms with Crippen LogP contribution in [0.2, 0.25) is 36.3 Å². The number of rotatable bonds is 18. The maximum atomic E-state index is 12.0. The Bertz CT molecular complexity index is 7040. The molecule has 0 bridgehead atoms. The van der Waals surface area contributed by atoms with Crippen LogP contribution in [0, 0.1) is 33.6 Å². The first-order valence-corrected chi connectivity index (χ1v) is 59.8. The monoisotopic (exact) mass is 2370 g/mol. The number of fused-ring (bicyclic) bond motifs is 4. The number of hydrogen-bond donors (Lipinski definition) is 2. The van der Waals surface area contributed by atoms with Gasteiger partial charge in [-0.3, -0.25) is 4.90 Å². The number of nitrogens with zero attached hydrogens (tertiary/aromatic N) is 16. The van der Waals surface area contributed by atoms with E-state index in [2.05, 4.69) is 115 Å². The highest BCUT2D eigenvalue weighted by Gasteiger charge is 2.52. The molecule has 12 aromatic heterocycles. The zero-order valence-electron chi connectivity index (χ0n) is 76.1. The zero-order chi connectivity index (χ0) is 99.6. The summed E-state index contributed by atoms with van der Waals surface area (Å²) < 4.78 is 153. The third kappa shape index (κ3) is 28.0. The Morgan fingerprint density at radius 3 is 1.22 bits per heavy atom. The number of likely N-dealkylation sites (tertiary alicyclic amines) is 1. The van der Waals surface area contributed by atoms with Crippen LogP contribution >= 0.6 is 174 Å². The first kappa shape index (κ1) is 110. The van der Waals surface area contributed by atoms with Gasteiger partial charge in [-0.15, -0.1) is 45.3 Å². The molecule has 17 heterocycles. The van der Waals surface area contributed by atoms with Gasteiger partial charge in [0.1, 0.15) is 37.7 Å². The van der Waals surface area contributed by atoms with Crippen LogP contribution in [-0.4, -0.2) is 259 Å². The molecule has 2 N–H and O–H groups in total. The highest BCUT2D eigenvalue weighted by Crippen LogP contribution is 2.46. The molecule has 0 amide bonds. The molecule has 5 fully saturated rings. The predicted molar refractivity (Wildman–Crippen MR) is 558 cm³/mol. The number of sulfone groups is 3. The second-order valence-corrected chi connectivity index (χ2v) is 54.1. The van der Waals surface area contributed by atoms with Gasteiger partial charge in [0.15, 0.2) is 39.8 Å². The molecule has 0 unspecified atom stereocenters. The minimum Gasteiger partial charge on any atom is -0.399 e. The molecule has 5 saturated heterocycles. The summed E-state index contributed by atoms with van der Waals surface area (Å²) in [5.41, 5.74) is 8.09. The summed E-state index contributed by atoms with van der Waals surface area (Å²) >= 11 is 59.0. The summed E-state index contributed by atoms with van der Waals surface area (Å²) in [7, 11) is -18.9. The molecule has 17 rings (SSSR count). The molecule has 53 heteroatoms. The van der Waals surface area contributed by atoms with Gasteiger partial charge in [-0.25, -0.2) is 102 Å². The van der Waals surface area contributed by atoms with Crippen LogP contribution in [0.15, 0.2) is 62.5 Å². The van der Waals surface area contributed by atoms with E-state index < -0.39 is 73.5 Å². The number of thiophene rings is 4. The van der Waals surface area contributed by atoms with E-state index in [1.807, 2.05) is 62.3 Å². The van der Waals surface area contributed by atoms with E-state index in [0.29, 0.717) is 126 Å². The minimum atomic E-state index is -4.14. The first-order chi connectivity index (χ1) is 63.4. The number of aryl methyl sites for hydroxylation is 4. The largest absolute Gasteiger partial charge is 0.496 e. The van der Waals surface area contributed by atoms with Crippen LogP contribution < -0.4 is 24.3 Å². The lowest BCUT2D eigenvalue weighted by atomic mass is 9.80. The van der Waals surface area contributed by atoms with Gasteiger partial charge < -0.3 is 43.7 Å². The van der Waals surface area contributed by atoms with E-state index in [1.165, 1.54) is 46.6 Å². The fourth-order valence-corrected chi connectivity index (χ4v) is 27.6. The Hall–Kier alpha value is -4.88. The van der Waals surface area contributed by atoms with Crippen LogP contribution in [0.4, 0.5) is 17.6 Å². The van der Waals surface area contributed by atoms with Gasteiger partial charge in [0.25, 0.3) is 0 Å². The summed E-state index contributed by atoms with van der Waals surface area (Å²) in [5.74, 6) is 1.00. The fraction of sp³-hybridized carbons (Fsp3) is 0.470. The number of piperidine rings is 1. The van der Waals surface area contributed by atoms with Gasteiger partial charge in [0.05, 0.1) is 141 Å². The average Bonchev–Trinajstić information content (AvgIpc) is 1.57. The molecule has 0 saturated carbocycles. The third-order valence-corrected chi connectivity index (χ3v) is 37.9. The highest BCUT2D eigenvalue weighted by atomic mass is 79.9. The van der Waals surface area contributed by atoms with Crippen LogP contribution in [-0.2, 0) is 96.9 Å². The standard InChI is InChI=1S/C27H36ClN5O4S2.C18H18BrClN4O3S2.C14H10BrCl2N3O2S2.C13H20BClN2O6S2.C7H3BrCl2N2S.C4H9NO/c1-17-21(15-32-7-5-20(6-8-32)27(2,3)34)23-24(38-17)22(30-26(31-23)33-9-11-37-12-10-33)18-13-19(16-39(4,35)36)25(28)29-14-18;1-10-13(19)15-16(28-10)14(22-18(23-15)24-3-5-27-6-4-24)11-7-12(9-29(2,25)26)17(20)21-8-11;1-6-9(15)11-12(23-6)10(19-14(17)20-11)7-3-8(5-24(2,21)22)13(16)18-4-7;1-12(2)13(3,4)23-14(22-12)9-7-10(11(15)16-8-9)17(24(5,18)19)25(6,20)21;1-2-3(8)4-5(13-2)6(9)12-7(10)11-4;1-3-6-4-2-5-1/h13-14,20,34H,5-12,15-16H2,1-4H3;7-8H,3-6,9H2,1-2H3;3-4H,5H2,1-2H3;7-8H,1-6H3;1H3;5H,1-4H2. The Balaban J connectivity index is 0.000000155. The molecule has 33 nitrogen and oxygen atoms in total. The van der Waals surface area contributed by atoms with Crippen molar-refractivity contribution >= 4 is 295 Å². The third-order valence-electron chi connectivity index (χ3n) is 22.0. The maximum Gasteiger partial charge on any atom is 0.496 e. The number of morpholine rings is 3. The number of hydrogen-bond acceptors (Lipinski definition) is 36. The molecular weight excluding hydrogens is 2280 g/mol. The number of ether oxygens (including phenoxy) is 3. The van der Waals surface area contributed by atoms with Crippen molar-refractivity contribution in [3.05, 3.63) is 141 Å². The molecule has 0 atom stereocenters. The van der Waals surface area contributed by atoms with E-state index in [4.69, 9.17) is 125 Å². The number of sulfonamides is 2. The van der Waals surface area contributed by atoms with Crippen molar-refractivity contribution < 1.29 is 70.7 Å². The second kappa shape index (κ2) is 45.2. The van der Waals surface area contributed by atoms with Crippen LogP contribution in [0.3, 0.4) is 0 Å². The zero-order valence-corrected chi connectivity index (χ0v) is 93.5. The number of aromatic nitrogens is 12. The van der Waals surface area contributed by atoms with Crippen molar-refractivity contribution in [3.63, 3.8) is 0 Å². The van der Waals surface area contributed by atoms with Gasteiger partial charge >= 0.3 is 7.12 Å². The van der Waals surface area contributed by atoms with Crippen molar-refractivity contribution in [1.29, 1.82) is 0 Å². The Morgan fingerprint density at radius 2 is 0.831 bits per heavy atom. The summed E-state index contributed by atoms with van der Waals surface area (Å²) in [5, 5.41) is 14.6. The molecule has 12 aromatic rings.